The van der Waals surface area contributed by atoms with Gasteiger partial charge in [0.15, 0.2) is 23.2 Å². The minimum atomic E-state index is -4.30. The molecule has 13 nitrogen and oxygen atoms in total. The molecule has 0 fully saturated rings. The molecule has 0 amide bonds. The number of benzene rings is 1. The number of fused-ring (bicyclic) bond motifs is 1. The molecule has 3 rings (SSSR count). The van der Waals surface area contributed by atoms with E-state index >= 15 is 0 Å². The van der Waals surface area contributed by atoms with Gasteiger partial charge in [-0.15, -0.1) is 0 Å². The fourth-order valence-corrected chi connectivity index (χ4v) is 3.43. The standard InChI is InChI=1S/C18H24N6O7S/c1-30-18(15(27)13(26)8-31-32(19,28)29)24-10-22-14-16(20-9-21-17(14)24)23-12(7-25)11-5-3-2-4-6-11/h2-6,9-10,12-13,15,18,25-27H,7-8H2,1H3,(H2,19,28,29)(H,20,21,23)/t12-,13+,15+,18+/m0/s1. The zero-order valence-corrected chi connectivity index (χ0v) is 17.8. The van der Waals surface area contributed by atoms with E-state index in [1.807, 2.05) is 30.3 Å². The first-order valence-electron chi connectivity index (χ1n) is 9.41. The topological polar surface area (TPSA) is 195 Å². The average Bonchev–Trinajstić information content (AvgIpc) is 3.21. The first-order chi connectivity index (χ1) is 15.2. The molecule has 0 unspecified atom stereocenters. The van der Waals surface area contributed by atoms with Crippen LogP contribution in [0.5, 0.6) is 0 Å². The molecular formula is C18H24N6O7S. The Bertz CT molecular complexity index is 1130. The largest absolute Gasteiger partial charge is 0.394 e. The summed E-state index contributed by atoms with van der Waals surface area (Å²) in [4.78, 5) is 12.6. The number of nitrogens with one attached hydrogen (secondary N) is 1. The van der Waals surface area contributed by atoms with Gasteiger partial charge in [0.05, 0.1) is 25.6 Å². The molecule has 0 aliphatic rings. The van der Waals surface area contributed by atoms with Crippen LogP contribution < -0.4 is 10.5 Å². The number of aromatic nitrogens is 4. The predicted molar refractivity (Wildman–Crippen MR) is 112 cm³/mol. The van der Waals surface area contributed by atoms with Crippen molar-refractivity contribution in [2.24, 2.45) is 5.14 Å². The van der Waals surface area contributed by atoms with E-state index in [1.54, 1.807) is 0 Å². The molecule has 0 radical (unpaired) electrons. The Morgan fingerprint density at radius 2 is 1.91 bits per heavy atom. The lowest BCUT2D eigenvalue weighted by Crippen LogP contribution is -2.39. The van der Waals surface area contributed by atoms with Gasteiger partial charge in [0.25, 0.3) is 0 Å². The zero-order valence-electron chi connectivity index (χ0n) is 17.0. The molecular weight excluding hydrogens is 444 g/mol. The summed E-state index contributed by atoms with van der Waals surface area (Å²) in [5.41, 5.74) is 1.42. The van der Waals surface area contributed by atoms with Crippen LogP contribution in [-0.2, 0) is 19.2 Å². The number of aliphatic hydroxyl groups excluding tert-OH is 3. The smallest absolute Gasteiger partial charge is 0.333 e. The molecule has 4 atom stereocenters. The highest BCUT2D eigenvalue weighted by Gasteiger charge is 2.31. The average molecular weight is 468 g/mol. The van der Waals surface area contributed by atoms with E-state index in [9.17, 15) is 23.7 Å². The fourth-order valence-electron chi connectivity index (χ4n) is 3.10. The Balaban J connectivity index is 1.87. The molecule has 0 spiro atoms. The molecule has 1 aromatic carbocycles. The van der Waals surface area contributed by atoms with Gasteiger partial charge in [0.1, 0.15) is 18.5 Å². The second kappa shape index (κ2) is 10.3. The van der Waals surface area contributed by atoms with E-state index in [4.69, 9.17) is 9.88 Å². The summed E-state index contributed by atoms with van der Waals surface area (Å²) in [6.07, 6.45) is -1.86. The summed E-state index contributed by atoms with van der Waals surface area (Å²) >= 11 is 0. The summed E-state index contributed by atoms with van der Waals surface area (Å²) in [5.74, 6) is 0.333. The summed E-state index contributed by atoms with van der Waals surface area (Å²) < 4.78 is 32.8. The molecule has 6 N–H and O–H groups in total. The minimum absolute atomic E-state index is 0.203. The third-order valence-corrected chi connectivity index (χ3v) is 5.12. The van der Waals surface area contributed by atoms with E-state index in [0.717, 1.165) is 5.56 Å². The fraction of sp³-hybridized carbons (Fsp3) is 0.389. The van der Waals surface area contributed by atoms with Gasteiger partial charge in [-0.3, -0.25) is 8.75 Å². The number of aliphatic hydroxyl groups is 3. The number of methoxy groups -OCH3 is 1. The maximum Gasteiger partial charge on any atom is 0.333 e. The molecule has 0 saturated carbocycles. The second-order valence-electron chi connectivity index (χ2n) is 6.80. The number of imidazole rings is 1. The summed E-state index contributed by atoms with van der Waals surface area (Å²) in [6.45, 7) is -0.977. The molecule has 174 valence electrons. The second-order valence-corrected chi connectivity index (χ2v) is 8.02. The van der Waals surface area contributed by atoms with Crippen LogP contribution in [-0.4, -0.2) is 75.8 Å². The van der Waals surface area contributed by atoms with E-state index < -0.39 is 41.4 Å². The molecule has 0 aliphatic heterocycles. The Labute approximate surface area is 183 Å². The van der Waals surface area contributed by atoms with Gasteiger partial charge in [-0.2, -0.15) is 8.42 Å². The molecule has 0 aliphatic carbocycles. The van der Waals surface area contributed by atoms with Crippen molar-refractivity contribution in [2.75, 3.05) is 25.6 Å². The third kappa shape index (κ3) is 5.55. The molecule has 14 heteroatoms. The third-order valence-electron chi connectivity index (χ3n) is 4.66. The zero-order chi connectivity index (χ0) is 23.3. The van der Waals surface area contributed by atoms with Crippen molar-refractivity contribution in [1.82, 2.24) is 19.5 Å². The van der Waals surface area contributed by atoms with Crippen LogP contribution in [0.25, 0.3) is 11.2 Å². The van der Waals surface area contributed by atoms with Crippen LogP contribution in [0.4, 0.5) is 5.82 Å². The van der Waals surface area contributed by atoms with Crippen molar-refractivity contribution >= 4 is 27.3 Å². The van der Waals surface area contributed by atoms with Gasteiger partial charge < -0.3 is 25.4 Å². The highest BCUT2D eigenvalue weighted by molar-refractivity contribution is 7.84. The number of ether oxygens (including phenoxy) is 1. The van der Waals surface area contributed by atoms with Gasteiger partial charge in [-0.1, -0.05) is 30.3 Å². The van der Waals surface area contributed by atoms with Crippen LogP contribution in [0.15, 0.2) is 43.0 Å². The Hall–Kier alpha value is -2.72. The first-order valence-corrected chi connectivity index (χ1v) is 10.9. The maximum atomic E-state index is 10.9. The highest BCUT2D eigenvalue weighted by Crippen LogP contribution is 2.26. The van der Waals surface area contributed by atoms with Crippen molar-refractivity contribution in [2.45, 2.75) is 24.5 Å². The lowest BCUT2D eigenvalue weighted by Gasteiger charge is -2.26. The Kier molecular flexibility index (Phi) is 7.68. The quantitative estimate of drug-likeness (QED) is 0.233. The van der Waals surface area contributed by atoms with Gasteiger partial charge in [0, 0.05) is 7.11 Å². The number of nitrogens with two attached hydrogens (primary N) is 1. The van der Waals surface area contributed by atoms with Gasteiger partial charge in [-0.05, 0) is 5.56 Å². The highest BCUT2D eigenvalue weighted by atomic mass is 32.2. The number of hydrogen-bond donors (Lipinski definition) is 5. The summed E-state index contributed by atoms with van der Waals surface area (Å²) in [5, 5.41) is 38.2. The van der Waals surface area contributed by atoms with Crippen molar-refractivity contribution < 1.29 is 32.7 Å². The summed E-state index contributed by atoms with van der Waals surface area (Å²) in [6, 6.07) is 8.81. The lowest BCUT2D eigenvalue weighted by molar-refractivity contribution is -0.115. The number of rotatable bonds is 11. The van der Waals surface area contributed by atoms with Crippen molar-refractivity contribution in [3.63, 3.8) is 0 Å². The van der Waals surface area contributed by atoms with Crippen LogP contribution in [0, 0.1) is 0 Å². The molecule has 0 saturated heterocycles. The normalized spacial score (nSPS) is 15.9. The van der Waals surface area contributed by atoms with E-state index in [1.165, 1.54) is 24.3 Å². The number of hydrogen-bond acceptors (Lipinski definition) is 11. The Morgan fingerprint density at radius 1 is 1.19 bits per heavy atom. The molecule has 0 bridgehead atoms. The van der Waals surface area contributed by atoms with Crippen LogP contribution in [0.1, 0.15) is 17.8 Å². The monoisotopic (exact) mass is 468 g/mol. The van der Waals surface area contributed by atoms with Gasteiger partial charge in [-0.25, -0.2) is 20.1 Å². The number of anilines is 1. The van der Waals surface area contributed by atoms with Gasteiger partial charge in [0.2, 0.25) is 0 Å². The van der Waals surface area contributed by atoms with E-state index in [-0.39, 0.29) is 12.3 Å². The Morgan fingerprint density at radius 3 is 2.53 bits per heavy atom. The lowest BCUT2D eigenvalue weighted by atomic mass is 10.1. The van der Waals surface area contributed by atoms with Gasteiger partial charge >= 0.3 is 10.3 Å². The number of nitrogens with zero attached hydrogens (tertiary/aromatic N) is 4. The van der Waals surface area contributed by atoms with Crippen molar-refractivity contribution in [3.05, 3.63) is 48.5 Å². The van der Waals surface area contributed by atoms with Crippen LogP contribution >= 0.6 is 0 Å². The predicted octanol–water partition coefficient (Wildman–Crippen LogP) is -0.941. The molecule has 2 aromatic heterocycles. The van der Waals surface area contributed by atoms with Crippen molar-refractivity contribution in [1.29, 1.82) is 0 Å². The van der Waals surface area contributed by atoms with E-state index in [2.05, 4.69) is 24.5 Å². The maximum absolute atomic E-state index is 10.9. The molecule has 2 heterocycles. The molecule has 3 aromatic rings. The minimum Gasteiger partial charge on any atom is -0.394 e. The van der Waals surface area contributed by atoms with Crippen LogP contribution in [0.3, 0.4) is 0 Å². The SMILES string of the molecule is CO[C@H]([C@H](O)[C@H](O)COS(N)(=O)=O)n1cnc2c(N[C@@H](CO)c3ccccc3)ncnc21. The van der Waals surface area contributed by atoms with Crippen LogP contribution in [0.2, 0.25) is 0 Å². The molecule has 32 heavy (non-hydrogen) atoms. The summed E-state index contributed by atoms with van der Waals surface area (Å²) in [7, 11) is -3.01. The van der Waals surface area contributed by atoms with Crippen molar-refractivity contribution in [3.8, 4) is 0 Å². The first kappa shape index (κ1) is 23.9. The van der Waals surface area contributed by atoms with E-state index in [0.29, 0.717) is 11.3 Å².